The molecule has 1 aromatic carbocycles. The molecule has 0 fully saturated rings. The quantitative estimate of drug-likeness (QED) is 0.843. The molecule has 24 heavy (non-hydrogen) atoms. The van der Waals surface area contributed by atoms with Gasteiger partial charge in [0, 0.05) is 12.2 Å². The maximum Gasteiger partial charge on any atom is 0.435 e. The molecule has 3 N–H and O–H groups in total. The summed E-state index contributed by atoms with van der Waals surface area (Å²) < 4.78 is 39.0. The minimum Gasteiger partial charge on any atom is -0.353 e. The van der Waals surface area contributed by atoms with E-state index in [0.29, 0.717) is 12.1 Å². The molecule has 0 saturated heterocycles. The Morgan fingerprint density at radius 3 is 2.58 bits per heavy atom. The van der Waals surface area contributed by atoms with E-state index in [1.165, 1.54) is 11.6 Å². The standard InChI is InChI=1S/C16H19F3N4O/c1-11-9-14(16(17,18)19)22-23(11)8-7-21-15(24)13(20)10-12-5-3-2-4-6-12/h2-6,9,13H,7-8,10,20H2,1H3,(H,21,24)/t13-/m0/s1. The first-order valence-electron chi connectivity index (χ1n) is 7.46. The van der Waals surface area contributed by atoms with Crippen LogP contribution < -0.4 is 11.1 Å². The molecular formula is C16H19F3N4O. The van der Waals surface area contributed by atoms with Crippen LogP contribution in [0, 0.1) is 6.92 Å². The van der Waals surface area contributed by atoms with Gasteiger partial charge in [-0.2, -0.15) is 18.3 Å². The number of nitrogens with two attached hydrogens (primary N) is 1. The number of amides is 1. The van der Waals surface area contributed by atoms with Gasteiger partial charge in [-0.3, -0.25) is 9.48 Å². The fourth-order valence-corrected chi connectivity index (χ4v) is 2.25. The summed E-state index contributed by atoms with van der Waals surface area (Å²) in [4.78, 5) is 11.9. The van der Waals surface area contributed by atoms with E-state index in [1.807, 2.05) is 30.3 Å². The molecule has 0 unspecified atom stereocenters. The van der Waals surface area contributed by atoms with Gasteiger partial charge in [0.2, 0.25) is 5.91 Å². The number of carbonyl (C=O) groups is 1. The van der Waals surface area contributed by atoms with E-state index in [1.54, 1.807) is 0 Å². The third-order valence-corrected chi connectivity index (χ3v) is 3.53. The van der Waals surface area contributed by atoms with Gasteiger partial charge in [0.1, 0.15) is 0 Å². The van der Waals surface area contributed by atoms with Gasteiger partial charge >= 0.3 is 6.18 Å². The number of carbonyl (C=O) groups excluding carboxylic acids is 1. The molecule has 5 nitrogen and oxygen atoms in total. The van der Waals surface area contributed by atoms with Crippen molar-refractivity contribution < 1.29 is 18.0 Å². The van der Waals surface area contributed by atoms with E-state index in [9.17, 15) is 18.0 Å². The largest absolute Gasteiger partial charge is 0.435 e. The number of benzene rings is 1. The number of hydrogen-bond acceptors (Lipinski definition) is 3. The van der Waals surface area contributed by atoms with E-state index in [-0.39, 0.29) is 19.0 Å². The van der Waals surface area contributed by atoms with Crippen LogP contribution in [0.25, 0.3) is 0 Å². The average Bonchev–Trinajstić information content (AvgIpc) is 2.89. The Morgan fingerprint density at radius 2 is 2.00 bits per heavy atom. The normalized spacial score (nSPS) is 12.9. The van der Waals surface area contributed by atoms with Crippen LogP contribution in [0.5, 0.6) is 0 Å². The summed E-state index contributed by atoms with van der Waals surface area (Å²) in [5, 5.41) is 6.12. The summed E-state index contributed by atoms with van der Waals surface area (Å²) >= 11 is 0. The van der Waals surface area contributed by atoms with Gasteiger partial charge in [-0.15, -0.1) is 0 Å². The second-order valence-corrected chi connectivity index (χ2v) is 5.48. The number of aromatic nitrogens is 2. The molecule has 8 heteroatoms. The Morgan fingerprint density at radius 1 is 1.33 bits per heavy atom. The van der Waals surface area contributed by atoms with Crippen LogP contribution in [0.15, 0.2) is 36.4 Å². The molecule has 2 rings (SSSR count). The van der Waals surface area contributed by atoms with E-state index in [0.717, 1.165) is 11.6 Å². The number of aryl methyl sites for hydroxylation is 1. The second kappa shape index (κ2) is 7.48. The van der Waals surface area contributed by atoms with Gasteiger partial charge in [0.15, 0.2) is 5.69 Å². The van der Waals surface area contributed by atoms with Crippen LogP contribution >= 0.6 is 0 Å². The first kappa shape index (κ1) is 18.0. The lowest BCUT2D eigenvalue weighted by Gasteiger charge is -2.13. The van der Waals surface area contributed by atoms with Crippen LogP contribution in [0.4, 0.5) is 13.2 Å². The fourth-order valence-electron chi connectivity index (χ4n) is 2.25. The minimum atomic E-state index is -4.47. The number of nitrogens with one attached hydrogen (secondary N) is 1. The summed E-state index contributed by atoms with van der Waals surface area (Å²) in [5.74, 6) is -0.347. The fraction of sp³-hybridized carbons (Fsp3) is 0.375. The highest BCUT2D eigenvalue weighted by Crippen LogP contribution is 2.28. The molecular weight excluding hydrogens is 321 g/mol. The highest BCUT2D eigenvalue weighted by molar-refractivity contribution is 5.81. The summed E-state index contributed by atoms with van der Waals surface area (Å²) in [6.07, 6.45) is -4.08. The van der Waals surface area contributed by atoms with Crippen molar-refractivity contribution in [2.45, 2.75) is 32.1 Å². The molecule has 0 saturated carbocycles. The Labute approximate surface area is 137 Å². The predicted molar refractivity (Wildman–Crippen MR) is 83.1 cm³/mol. The summed E-state index contributed by atoms with van der Waals surface area (Å²) in [5.41, 5.74) is 6.22. The van der Waals surface area contributed by atoms with Crippen LogP contribution in [0.1, 0.15) is 17.0 Å². The Hall–Kier alpha value is -2.35. The van der Waals surface area contributed by atoms with Gasteiger partial charge < -0.3 is 11.1 Å². The highest BCUT2D eigenvalue weighted by Gasteiger charge is 2.34. The van der Waals surface area contributed by atoms with Gasteiger partial charge in [0.25, 0.3) is 0 Å². The minimum absolute atomic E-state index is 0.145. The van der Waals surface area contributed by atoms with Crippen molar-refractivity contribution in [2.75, 3.05) is 6.54 Å². The van der Waals surface area contributed by atoms with E-state index in [4.69, 9.17) is 5.73 Å². The van der Waals surface area contributed by atoms with Crippen LogP contribution in [-0.2, 0) is 23.9 Å². The number of hydrogen-bond donors (Lipinski definition) is 2. The van der Waals surface area contributed by atoms with Gasteiger partial charge in [-0.1, -0.05) is 30.3 Å². The van der Waals surface area contributed by atoms with E-state index in [2.05, 4.69) is 10.4 Å². The zero-order valence-corrected chi connectivity index (χ0v) is 13.2. The molecule has 0 bridgehead atoms. The third-order valence-electron chi connectivity index (χ3n) is 3.53. The molecule has 0 aliphatic carbocycles. The SMILES string of the molecule is Cc1cc(C(F)(F)F)nn1CCNC(=O)[C@@H](N)Cc1ccccc1. The van der Waals surface area contributed by atoms with Crippen molar-refractivity contribution in [3.63, 3.8) is 0 Å². The molecule has 1 aromatic heterocycles. The maximum atomic E-state index is 12.6. The number of nitrogens with zero attached hydrogens (tertiary/aromatic N) is 2. The Kier molecular flexibility index (Phi) is 5.61. The van der Waals surface area contributed by atoms with Gasteiger partial charge in [0.05, 0.1) is 12.6 Å². The molecule has 1 heterocycles. The highest BCUT2D eigenvalue weighted by atomic mass is 19.4. The van der Waals surface area contributed by atoms with E-state index >= 15 is 0 Å². The van der Waals surface area contributed by atoms with Crippen molar-refractivity contribution in [3.8, 4) is 0 Å². The zero-order valence-electron chi connectivity index (χ0n) is 13.2. The van der Waals surface area contributed by atoms with Crippen molar-refractivity contribution in [3.05, 3.63) is 53.3 Å². The Bertz CT molecular complexity index is 682. The van der Waals surface area contributed by atoms with E-state index < -0.39 is 17.9 Å². The Balaban J connectivity index is 1.83. The average molecular weight is 340 g/mol. The van der Waals surface area contributed by atoms with Crippen molar-refractivity contribution >= 4 is 5.91 Å². The molecule has 0 aliphatic heterocycles. The number of alkyl halides is 3. The van der Waals surface area contributed by atoms with Crippen molar-refractivity contribution in [1.82, 2.24) is 15.1 Å². The van der Waals surface area contributed by atoms with Gasteiger partial charge in [-0.05, 0) is 25.0 Å². The first-order valence-corrected chi connectivity index (χ1v) is 7.46. The molecule has 1 atom stereocenters. The lowest BCUT2D eigenvalue weighted by molar-refractivity contribution is -0.141. The van der Waals surface area contributed by atoms with Crippen molar-refractivity contribution in [1.29, 1.82) is 0 Å². The lowest BCUT2D eigenvalue weighted by Crippen LogP contribution is -2.43. The molecule has 0 aliphatic rings. The first-order chi connectivity index (χ1) is 11.3. The molecule has 0 radical (unpaired) electrons. The topological polar surface area (TPSA) is 72.9 Å². The van der Waals surface area contributed by atoms with Gasteiger partial charge in [-0.25, -0.2) is 0 Å². The smallest absolute Gasteiger partial charge is 0.353 e. The van der Waals surface area contributed by atoms with Crippen molar-refractivity contribution in [2.24, 2.45) is 5.73 Å². The zero-order chi connectivity index (χ0) is 17.7. The second-order valence-electron chi connectivity index (χ2n) is 5.48. The van der Waals surface area contributed by atoms with Crippen LogP contribution in [0.3, 0.4) is 0 Å². The summed E-state index contributed by atoms with van der Waals surface area (Å²) in [6.45, 7) is 1.83. The molecule has 0 spiro atoms. The number of halogens is 3. The summed E-state index contributed by atoms with van der Waals surface area (Å²) in [6, 6.07) is 9.60. The predicted octanol–water partition coefficient (Wildman–Crippen LogP) is 1.90. The molecule has 1 amide bonds. The molecule has 130 valence electrons. The number of rotatable bonds is 6. The van der Waals surface area contributed by atoms with Crippen LogP contribution in [-0.4, -0.2) is 28.3 Å². The third kappa shape index (κ3) is 4.82. The molecule has 2 aromatic rings. The maximum absolute atomic E-state index is 12.6. The van der Waals surface area contributed by atoms with Crippen LogP contribution in [0.2, 0.25) is 0 Å². The monoisotopic (exact) mass is 340 g/mol. The lowest BCUT2D eigenvalue weighted by atomic mass is 10.1. The summed E-state index contributed by atoms with van der Waals surface area (Å²) in [7, 11) is 0.